The normalized spacial score (nSPS) is 12.7. The van der Waals surface area contributed by atoms with E-state index in [4.69, 9.17) is 4.74 Å². The number of ether oxygens (including phenoxy) is 1. The minimum Gasteiger partial charge on any atom is -0.444 e. The maximum Gasteiger partial charge on any atom is 0.408 e. The number of nitrogens with zero attached hydrogens (tertiary/aromatic N) is 1. The van der Waals surface area contributed by atoms with E-state index in [1.54, 1.807) is 32.9 Å². The first kappa shape index (κ1) is 51.6. The van der Waals surface area contributed by atoms with Crippen LogP contribution in [0.25, 0.3) is 22.3 Å². The molecular formula is C64H54FN9O6. The summed E-state index contributed by atoms with van der Waals surface area (Å²) >= 11 is 0. The predicted molar refractivity (Wildman–Crippen MR) is 306 cm³/mol. The smallest absolute Gasteiger partial charge is 0.408 e. The van der Waals surface area contributed by atoms with Crippen molar-refractivity contribution in [3.8, 4) is 0 Å². The molecule has 6 heterocycles. The summed E-state index contributed by atoms with van der Waals surface area (Å²) in [4.78, 5) is 81.2. The van der Waals surface area contributed by atoms with E-state index in [9.17, 15) is 28.4 Å². The lowest BCUT2D eigenvalue weighted by Crippen LogP contribution is -2.47. The molecule has 0 unspecified atom stereocenters. The van der Waals surface area contributed by atoms with E-state index in [1.165, 1.54) is 0 Å². The number of carbonyl (C=O) groups excluding carboxylic acids is 3. The van der Waals surface area contributed by atoms with E-state index in [2.05, 4.69) is 90.5 Å². The summed E-state index contributed by atoms with van der Waals surface area (Å²) in [6.07, 6.45) is 0.237. The molecule has 5 aromatic heterocycles. The van der Waals surface area contributed by atoms with Gasteiger partial charge in [0.1, 0.15) is 18.2 Å². The second-order valence-corrected chi connectivity index (χ2v) is 20.3. The molecule has 1 aliphatic rings. The van der Waals surface area contributed by atoms with Gasteiger partial charge in [0.05, 0.1) is 6.20 Å². The Morgan fingerprint density at radius 1 is 0.512 bits per heavy atom. The average molecular weight is 1060 g/mol. The van der Waals surface area contributed by atoms with Crippen molar-refractivity contribution < 1.29 is 23.5 Å². The molecule has 5 aromatic carbocycles. The molecule has 0 radical (unpaired) electrons. The number of aromatic nitrogens is 6. The molecule has 3 amide bonds. The van der Waals surface area contributed by atoms with E-state index in [-0.39, 0.29) is 6.42 Å². The molecule has 11 rings (SSSR count). The summed E-state index contributed by atoms with van der Waals surface area (Å²) in [6, 6.07) is 60.1. The standard InChI is InChI=1S/C64H54FN9O6/c1-64(2,3)80-63(79)72-54(35-38-13-7-4-8-14-38)61(77)67-44-25-21-42(22-26-44)59-51-32-30-49(70-51)57(40-17-11-6-12-18-40)47-28-27-46(68-47)56(39-15-9-5-10-16-39)48-29-31-50(69-48)58(52-33-34-53(59)71-52)41-19-23-43(24-20-41)66-55(75)37-74-36-45(65)60(76)73-62(74)78/h4-34,36,54,68-71H,35,37H2,1-3H3,(H,66,75)(H,67,77)(H,72,79)(H,73,76,78)/t54-/m0/s1. The Morgan fingerprint density at radius 3 is 1.36 bits per heavy atom. The molecule has 10 aromatic rings. The van der Waals surface area contributed by atoms with Gasteiger partial charge in [0.15, 0.2) is 0 Å². The molecule has 0 saturated carbocycles. The number of halogens is 1. The summed E-state index contributed by atoms with van der Waals surface area (Å²) < 4.78 is 20.4. The van der Waals surface area contributed by atoms with E-state index >= 15 is 0 Å². The number of benzene rings is 5. The third kappa shape index (κ3) is 11.3. The summed E-state index contributed by atoms with van der Waals surface area (Å²) in [7, 11) is 0. The highest BCUT2D eigenvalue weighted by atomic mass is 19.1. The van der Waals surface area contributed by atoms with E-state index in [0.717, 1.165) is 98.8 Å². The Hall–Kier alpha value is -10.5. The molecule has 16 heteroatoms. The van der Waals surface area contributed by atoms with Gasteiger partial charge < -0.3 is 40.6 Å². The Balaban J connectivity index is 1.03. The van der Waals surface area contributed by atoms with Gasteiger partial charge in [-0.3, -0.25) is 23.9 Å². The molecule has 0 spiro atoms. The Bertz CT molecular complexity index is 4340. The Kier molecular flexibility index (Phi) is 14.1. The first-order valence-corrected chi connectivity index (χ1v) is 25.9. The van der Waals surface area contributed by atoms with Gasteiger partial charge in [-0.25, -0.2) is 9.59 Å². The van der Waals surface area contributed by atoms with E-state index in [1.807, 2.05) is 126 Å². The fourth-order valence-electron chi connectivity index (χ4n) is 9.92. The van der Waals surface area contributed by atoms with Crippen molar-refractivity contribution in [2.24, 2.45) is 0 Å². The number of aromatic amines is 5. The van der Waals surface area contributed by atoms with Crippen molar-refractivity contribution in [3.05, 3.63) is 293 Å². The van der Waals surface area contributed by atoms with Crippen LogP contribution in [0.15, 0.2) is 204 Å². The van der Waals surface area contributed by atoms with Gasteiger partial charge in [-0.15, -0.1) is 0 Å². The van der Waals surface area contributed by atoms with Crippen LogP contribution in [-0.2, 0) is 27.3 Å². The number of hydrogen-bond donors (Lipinski definition) is 8. The van der Waals surface area contributed by atoms with Crippen molar-refractivity contribution in [3.63, 3.8) is 0 Å². The Morgan fingerprint density at radius 2 is 0.925 bits per heavy atom. The lowest BCUT2D eigenvalue weighted by molar-refractivity contribution is -0.118. The minimum absolute atomic E-state index is 0.236. The minimum atomic E-state index is -1.18. The molecule has 0 fully saturated rings. The van der Waals surface area contributed by atoms with Crippen molar-refractivity contribution in [2.45, 2.75) is 45.4 Å². The second kappa shape index (κ2) is 21.9. The van der Waals surface area contributed by atoms with Crippen LogP contribution >= 0.6 is 0 Å². The van der Waals surface area contributed by atoms with Crippen LogP contribution in [0.5, 0.6) is 0 Å². The molecule has 0 aliphatic carbocycles. The molecule has 0 saturated heterocycles. The largest absolute Gasteiger partial charge is 0.444 e. The van der Waals surface area contributed by atoms with Gasteiger partial charge in [0, 0.05) is 84.3 Å². The number of rotatable bonds is 12. The zero-order valence-corrected chi connectivity index (χ0v) is 43.7. The average Bonchev–Trinajstić information content (AvgIpc) is 4.33. The summed E-state index contributed by atoms with van der Waals surface area (Å²) in [5.41, 5.74) is 9.37. The number of hydrogen-bond acceptors (Lipinski definition) is 6. The van der Waals surface area contributed by atoms with Crippen molar-refractivity contribution in [2.75, 3.05) is 10.6 Å². The monoisotopic (exact) mass is 1060 g/mol. The fourth-order valence-corrected chi connectivity index (χ4v) is 9.92. The molecule has 8 N–H and O–H groups in total. The van der Waals surface area contributed by atoms with Crippen molar-refractivity contribution >= 4 is 51.6 Å². The summed E-state index contributed by atoms with van der Waals surface area (Å²) in [5.74, 6) is -2.20. The highest BCUT2D eigenvalue weighted by Gasteiger charge is 2.26. The maximum absolute atomic E-state index is 14.1. The topological polar surface area (TPSA) is 215 Å². The molecule has 398 valence electrons. The number of nitrogens with one attached hydrogen (secondary N) is 8. The lowest BCUT2D eigenvalue weighted by Gasteiger charge is -2.23. The van der Waals surface area contributed by atoms with Gasteiger partial charge >= 0.3 is 11.8 Å². The van der Waals surface area contributed by atoms with Gasteiger partial charge in [-0.2, -0.15) is 4.39 Å². The number of alkyl carbamates (subject to hydrolysis) is 1. The quantitative estimate of drug-likeness (QED) is 0.0645. The number of fused-ring (bicyclic) bond motifs is 8. The van der Waals surface area contributed by atoms with Crippen LogP contribution < -0.4 is 48.6 Å². The van der Waals surface area contributed by atoms with Gasteiger partial charge in [-0.1, -0.05) is 115 Å². The Labute approximate surface area is 457 Å². The van der Waals surface area contributed by atoms with Gasteiger partial charge in [0.2, 0.25) is 17.6 Å². The maximum atomic E-state index is 14.1. The molecule has 1 atom stereocenters. The van der Waals surface area contributed by atoms with Crippen LogP contribution in [0.2, 0.25) is 0 Å². The van der Waals surface area contributed by atoms with Crippen molar-refractivity contribution in [1.29, 1.82) is 0 Å². The number of carbonyl (C=O) groups is 3. The molecule has 15 nitrogen and oxygen atoms in total. The lowest BCUT2D eigenvalue weighted by atomic mass is 10.0. The van der Waals surface area contributed by atoms with Crippen LogP contribution in [0.3, 0.4) is 0 Å². The van der Waals surface area contributed by atoms with Gasteiger partial charge in [0.25, 0.3) is 5.56 Å². The molecule has 80 heavy (non-hydrogen) atoms. The third-order valence-electron chi connectivity index (χ3n) is 13.5. The summed E-state index contributed by atoms with van der Waals surface area (Å²) in [5, 5.41) is 11.9. The zero-order valence-electron chi connectivity index (χ0n) is 43.7. The second-order valence-electron chi connectivity index (χ2n) is 20.3. The van der Waals surface area contributed by atoms with Gasteiger partial charge in [-0.05, 0) is 121 Å². The highest BCUT2D eigenvalue weighted by molar-refractivity contribution is 5.97. The molecule has 8 bridgehead atoms. The van der Waals surface area contributed by atoms with Crippen molar-refractivity contribution in [1.82, 2.24) is 34.8 Å². The molecule has 1 aliphatic heterocycles. The SMILES string of the molecule is CC(C)(C)OC(=O)N[C@@H](Cc1ccccc1)C(=O)Nc1ccc(C2=c3ccc([nH]3)=C(c3ccccc3)c3ccc([nH]3)C(c3ccccc3)=c3ccc([nH]3)=C(c3ccc(NC(=O)Cn4cc(F)c(=O)[nH]c4=O)cc3)c3ccc2[nH]3)cc1. The number of anilines is 2. The number of H-pyrrole nitrogens is 5. The fraction of sp³-hybridized carbons (Fsp3) is 0.109. The first-order valence-electron chi connectivity index (χ1n) is 25.9. The third-order valence-corrected chi connectivity index (χ3v) is 13.5. The van der Waals surface area contributed by atoms with E-state index in [0.29, 0.717) is 17.6 Å². The number of amides is 3. The molecular weight excluding hydrogens is 1010 g/mol. The zero-order chi connectivity index (χ0) is 55.5. The summed E-state index contributed by atoms with van der Waals surface area (Å²) in [6.45, 7) is 4.77. The highest BCUT2D eigenvalue weighted by Crippen LogP contribution is 2.29. The van der Waals surface area contributed by atoms with Crippen LogP contribution in [0, 0.1) is 5.82 Å². The van der Waals surface area contributed by atoms with E-state index < -0.39 is 53.2 Å². The predicted octanol–water partition coefficient (Wildman–Crippen LogP) is 7.00. The first-order chi connectivity index (χ1) is 38.7. The van der Waals surface area contributed by atoms with Crippen LogP contribution in [0.1, 0.15) is 71.4 Å². The van der Waals surface area contributed by atoms with Crippen LogP contribution in [-0.4, -0.2) is 59.0 Å². The van der Waals surface area contributed by atoms with Crippen LogP contribution in [0.4, 0.5) is 20.6 Å².